The Bertz CT molecular complexity index is 534. The van der Waals surface area contributed by atoms with Gasteiger partial charge in [-0.15, -0.1) is 11.3 Å². The molecule has 0 aliphatic carbocycles. The fourth-order valence-corrected chi connectivity index (χ4v) is 3.89. The number of aryl methyl sites for hydroxylation is 1. The molecule has 1 aromatic carbocycles. The van der Waals surface area contributed by atoms with Crippen molar-refractivity contribution in [2.24, 2.45) is 0 Å². The van der Waals surface area contributed by atoms with Crippen LogP contribution in [-0.4, -0.2) is 0 Å². The normalized spacial score (nSPS) is 12.8. The lowest BCUT2D eigenvalue weighted by Gasteiger charge is -2.09. The molecule has 0 saturated heterocycles. The molecule has 0 radical (unpaired) electrons. The van der Waals surface area contributed by atoms with Gasteiger partial charge in [0.1, 0.15) is 0 Å². The first-order chi connectivity index (χ1) is 7.99. The van der Waals surface area contributed by atoms with Crippen molar-refractivity contribution in [3.63, 3.8) is 0 Å². The van der Waals surface area contributed by atoms with Crippen LogP contribution in [0.1, 0.15) is 20.8 Å². The molecule has 1 heterocycles. The van der Waals surface area contributed by atoms with Crippen molar-refractivity contribution in [3.05, 3.63) is 53.2 Å². The van der Waals surface area contributed by atoms with Crippen LogP contribution in [-0.2, 0) is 0 Å². The van der Waals surface area contributed by atoms with Gasteiger partial charge in [0.25, 0.3) is 0 Å². The highest BCUT2D eigenvalue weighted by atomic mass is 127. The van der Waals surface area contributed by atoms with Gasteiger partial charge in [0.05, 0.1) is 14.2 Å². The van der Waals surface area contributed by atoms with Crippen LogP contribution in [0.15, 0.2) is 24.3 Å². The number of benzene rings is 1. The van der Waals surface area contributed by atoms with Crippen molar-refractivity contribution >= 4 is 73.1 Å². The molecule has 2 rings (SSSR count). The van der Waals surface area contributed by atoms with E-state index in [9.17, 15) is 0 Å². The fraction of sp³-hybridized carbons (Fsp3) is 0.167. The van der Waals surface area contributed by atoms with Gasteiger partial charge < -0.3 is 0 Å². The predicted molar refractivity (Wildman–Crippen MR) is 89.0 cm³/mol. The zero-order valence-electron chi connectivity index (χ0n) is 8.81. The predicted octanol–water partition coefficient (Wildman–Crippen LogP) is 6.45. The van der Waals surface area contributed by atoms with E-state index in [0.29, 0.717) is 0 Å². The first-order valence-corrected chi connectivity index (χ1v) is 8.40. The second-order valence-electron chi connectivity index (χ2n) is 3.64. The average molecular weight is 462 g/mol. The van der Waals surface area contributed by atoms with Crippen molar-refractivity contribution in [1.29, 1.82) is 0 Å². The van der Waals surface area contributed by atoms with E-state index in [4.69, 9.17) is 23.2 Å². The van der Waals surface area contributed by atoms with Crippen molar-refractivity contribution in [2.75, 3.05) is 0 Å². The highest BCUT2D eigenvalue weighted by Gasteiger charge is 2.15. The van der Waals surface area contributed by atoms with E-state index < -0.39 is 0 Å². The zero-order chi connectivity index (χ0) is 12.6. The molecule has 0 spiro atoms. The van der Waals surface area contributed by atoms with Crippen LogP contribution >= 0.6 is 73.1 Å². The Kier molecular flexibility index (Phi) is 4.80. The van der Waals surface area contributed by atoms with Gasteiger partial charge >= 0.3 is 0 Å². The number of hydrogen-bond acceptors (Lipinski definition) is 1. The topological polar surface area (TPSA) is 0 Å². The maximum absolute atomic E-state index is 6.13. The van der Waals surface area contributed by atoms with E-state index in [1.807, 2.05) is 19.1 Å². The minimum atomic E-state index is 0.146. The van der Waals surface area contributed by atoms with E-state index in [-0.39, 0.29) is 4.83 Å². The average Bonchev–Trinajstić information content (AvgIpc) is 2.62. The molecule has 0 amide bonds. The summed E-state index contributed by atoms with van der Waals surface area (Å²) in [6.45, 7) is 2.02. The largest absolute Gasteiger partial charge is 0.127 e. The van der Waals surface area contributed by atoms with E-state index in [1.165, 1.54) is 4.88 Å². The first-order valence-electron chi connectivity index (χ1n) is 4.84. The minimum Gasteiger partial charge on any atom is -0.127 e. The Morgan fingerprint density at radius 2 is 2.00 bits per heavy atom. The second-order valence-corrected chi connectivity index (χ2v) is 7.81. The SMILES string of the molecule is Cc1cc(C(Br)c2ccc(I)c(Cl)c2)sc1Cl. The second kappa shape index (κ2) is 5.78. The lowest BCUT2D eigenvalue weighted by Crippen LogP contribution is -1.90. The quantitative estimate of drug-likeness (QED) is 0.356. The van der Waals surface area contributed by atoms with Crippen LogP contribution in [0.5, 0.6) is 0 Å². The standard InChI is InChI=1S/C12H8BrCl2IS/c1-6-4-10(17-12(6)15)11(13)7-2-3-9(16)8(14)5-7/h2-5,11H,1H3. The Morgan fingerprint density at radius 1 is 1.29 bits per heavy atom. The molecule has 0 saturated carbocycles. The van der Waals surface area contributed by atoms with Crippen molar-refractivity contribution in [2.45, 2.75) is 11.8 Å². The molecule has 2 aromatic rings. The van der Waals surface area contributed by atoms with Gasteiger partial charge in [-0.05, 0) is 58.8 Å². The highest BCUT2D eigenvalue weighted by molar-refractivity contribution is 14.1. The summed E-state index contributed by atoms with van der Waals surface area (Å²) in [5.74, 6) is 0. The number of rotatable bonds is 2. The molecular formula is C12H8BrCl2IS. The third kappa shape index (κ3) is 3.18. The molecule has 0 N–H and O–H groups in total. The Balaban J connectivity index is 2.36. The summed E-state index contributed by atoms with van der Waals surface area (Å²) in [5, 5.41) is 0.784. The molecule has 1 aromatic heterocycles. The maximum atomic E-state index is 6.13. The van der Waals surface area contributed by atoms with Gasteiger partial charge in [0.2, 0.25) is 0 Å². The van der Waals surface area contributed by atoms with Gasteiger partial charge in [0.15, 0.2) is 0 Å². The number of alkyl halides is 1. The molecule has 0 aliphatic heterocycles. The number of hydrogen-bond donors (Lipinski definition) is 0. The monoisotopic (exact) mass is 460 g/mol. The molecule has 1 unspecified atom stereocenters. The van der Waals surface area contributed by atoms with E-state index in [1.54, 1.807) is 11.3 Å². The molecule has 0 aliphatic rings. The lowest BCUT2D eigenvalue weighted by atomic mass is 10.1. The van der Waals surface area contributed by atoms with Crippen LogP contribution in [0.3, 0.4) is 0 Å². The summed E-state index contributed by atoms with van der Waals surface area (Å²) in [7, 11) is 0. The molecule has 90 valence electrons. The number of halogens is 4. The molecule has 5 heteroatoms. The summed E-state index contributed by atoms with van der Waals surface area (Å²) in [4.78, 5) is 1.35. The maximum Gasteiger partial charge on any atom is 0.0960 e. The van der Waals surface area contributed by atoms with Crippen molar-refractivity contribution < 1.29 is 0 Å². The summed E-state index contributed by atoms with van der Waals surface area (Å²) in [6, 6.07) is 8.20. The Morgan fingerprint density at radius 3 is 2.53 bits per heavy atom. The smallest absolute Gasteiger partial charge is 0.0960 e. The molecule has 17 heavy (non-hydrogen) atoms. The third-order valence-corrected chi connectivity index (χ3v) is 6.88. The summed E-state index contributed by atoms with van der Waals surface area (Å²) >= 11 is 19.7. The Labute approximate surface area is 137 Å². The van der Waals surface area contributed by atoms with Gasteiger partial charge in [-0.2, -0.15) is 0 Å². The summed E-state index contributed by atoms with van der Waals surface area (Å²) in [5.41, 5.74) is 2.26. The van der Waals surface area contributed by atoms with Crippen LogP contribution in [0.25, 0.3) is 0 Å². The van der Waals surface area contributed by atoms with Gasteiger partial charge in [-0.25, -0.2) is 0 Å². The van der Waals surface area contributed by atoms with Gasteiger partial charge in [0, 0.05) is 8.45 Å². The van der Waals surface area contributed by atoms with Crippen LogP contribution in [0.2, 0.25) is 9.36 Å². The van der Waals surface area contributed by atoms with E-state index >= 15 is 0 Å². The van der Waals surface area contributed by atoms with Crippen molar-refractivity contribution in [3.8, 4) is 0 Å². The molecular weight excluding hydrogens is 454 g/mol. The van der Waals surface area contributed by atoms with Gasteiger partial charge in [-0.3, -0.25) is 0 Å². The van der Waals surface area contributed by atoms with E-state index in [0.717, 1.165) is 24.1 Å². The van der Waals surface area contributed by atoms with Gasteiger partial charge in [-0.1, -0.05) is 45.2 Å². The Hall–Kier alpha value is 0.710. The van der Waals surface area contributed by atoms with Crippen molar-refractivity contribution in [1.82, 2.24) is 0 Å². The minimum absolute atomic E-state index is 0.146. The zero-order valence-corrected chi connectivity index (χ0v) is 14.9. The fourth-order valence-electron chi connectivity index (χ4n) is 1.44. The van der Waals surface area contributed by atoms with Crippen LogP contribution in [0, 0.1) is 10.5 Å². The van der Waals surface area contributed by atoms with Crippen LogP contribution in [0.4, 0.5) is 0 Å². The third-order valence-electron chi connectivity index (χ3n) is 2.36. The molecule has 0 nitrogen and oxygen atoms in total. The molecule has 1 atom stereocenters. The van der Waals surface area contributed by atoms with Crippen LogP contribution < -0.4 is 0 Å². The summed E-state index contributed by atoms with van der Waals surface area (Å²) in [6.07, 6.45) is 0. The molecule has 0 bridgehead atoms. The van der Waals surface area contributed by atoms with E-state index in [2.05, 4.69) is 50.7 Å². The lowest BCUT2D eigenvalue weighted by molar-refractivity contribution is 1.22. The summed E-state index contributed by atoms with van der Waals surface area (Å²) < 4.78 is 1.91. The molecule has 0 fully saturated rings. The first kappa shape index (κ1) is 14.1. The highest BCUT2D eigenvalue weighted by Crippen LogP contribution is 2.39. The number of thiophene rings is 1.